The Morgan fingerprint density at radius 3 is 2.08 bits per heavy atom. The summed E-state index contributed by atoms with van der Waals surface area (Å²) >= 11 is 0. The van der Waals surface area contributed by atoms with Crippen LogP contribution in [-0.2, 0) is 29.8 Å². The number of hydrogen-bond donors (Lipinski definition) is 6. The van der Waals surface area contributed by atoms with E-state index in [1.165, 1.54) is 24.3 Å². The van der Waals surface area contributed by atoms with Crippen molar-refractivity contribution in [2.24, 2.45) is 11.7 Å². The lowest BCUT2D eigenvalue weighted by atomic mass is 10.0. The fourth-order valence-electron chi connectivity index (χ4n) is 4.55. The average Bonchev–Trinajstić information content (AvgIpc) is 3.04. The standard InChI is InChI=1S/C35H51N6O7P/c1-9-25-13-17-27(18-14-25)38-32(43)29(12-11-21-37-34(36)45)39-33(44)30(23(3)4)40-31(42)26-15-19-28(20-16-26)41-49(46,10-2)48-35(7,8)22-47-24(5)6/h2,13-20,23-24,29-30H,9,11-12,21-22H2,1,3-8H3,(H,38,43)(H,39,44)(H,40,42)(H,41,46)(H3,36,37,45)/t29-,30?,49?/m0/s1. The zero-order chi connectivity index (χ0) is 36.8. The predicted octanol–water partition coefficient (Wildman–Crippen LogP) is 4.99. The van der Waals surface area contributed by atoms with E-state index in [1.807, 2.05) is 32.9 Å². The van der Waals surface area contributed by atoms with Gasteiger partial charge in [-0.25, -0.2) is 4.79 Å². The van der Waals surface area contributed by atoms with E-state index in [2.05, 4.69) is 32.0 Å². The van der Waals surface area contributed by atoms with Crippen molar-refractivity contribution in [1.82, 2.24) is 16.0 Å². The van der Waals surface area contributed by atoms with Crippen LogP contribution in [-0.4, -0.2) is 60.7 Å². The number of amides is 5. The van der Waals surface area contributed by atoms with Gasteiger partial charge in [0.1, 0.15) is 12.1 Å². The van der Waals surface area contributed by atoms with Gasteiger partial charge < -0.3 is 36.8 Å². The number of terminal acetylenes is 1. The van der Waals surface area contributed by atoms with Crippen molar-refractivity contribution in [3.8, 4) is 12.1 Å². The van der Waals surface area contributed by atoms with E-state index in [-0.39, 0.29) is 37.2 Å². The van der Waals surface area contributed by atoms with Gasteiger partial charge in [-0.15, -0.1) is 6.42 Å². The maximum atomic E-state index is 13.5. The van der Waals surface area contributed by atoms with E-state index in [4.69, 9.17) is 21.4 Å². The number of ether oxygens (including phenoxy) is 1. The summed E-state index contributed by atoms with van der Waals surface area (Å²) in [7, 11) is -3.77. The summed E-state index contributed by atoms with van der Waals surface area (Å²) < 4.78 is 24.6. The maximum Gasteiger partial charge on any atom is 0.367 e. The molecule has 14 heteroatoms. The van der Waals surface area contributed by atoms with E-state index in [1.54, 1.807) is 39.8 Å². The monoisotopic (exact) mass is 698 g/mol. The molecule has 0 saturated heterocycles. The Labute approximate surface area is 289 Å². The molecule has 0 fully saturated rings. The van der Waals surface area contributed by atoms with Crippen LogP contribution in [0.3, 0.4) is 0 Å². The highest BCUT2D eigenvalue weighted by molar-refractivity contribution is 7.65. The van der Waals surface area contributed by atoms with Crippen LogP contribution in [0.1, 0.15) is 77.2 Å². The second-order valence-corrected chi connectivity index (χ2v) is 14.6. The maximum absolute atomic E-state index is 13.5. The molecule has 268 valence electrons. The van der Waals surface area contributed by atoms with Crippen LogP contribution in [0.4, 0.5) is 16.2 Å². The van der Waals surface area contributed by atoms with Gasteiger partial charge in [0.25, 0.3) is 5.91 Å². The summed E-state index contributed by atoms with van der Waals surface area (Å²) in [4.78, 5) is 51.1. The average molecular weight is 699 g/mol. The summed E-state index contributed by atoms with van der Waals surface area (Å²) in [5.74, 6) is -1.88. The molecule has 0 aliphatic rings. The third kappa shape index (κ3) is 14.3. The van der Waals surface area contributed by atoms with Crippen LogP contribution in [0.25, 0.3) is 0 Å². The molecule has 2 rings (SSSR count). The number of nitrogens with one attached hydrogen (secondary N) is 5. The number of aryl methyl sites for hydroxylation is 1. The van der Waals surface area contributed by atoms with Gasteiger partial charge in [0.15, 0.2) is 0 Å². The topological polar surface area (TPSA) is 190 Å². The third-order valence-corrected chi connectivity index (χ3v) is 8.84. The fourth-order valence-corrected chi connectivity index (χ4v) is 5.95. The quantitative estimate of drug-likeness (QED) is 0.0672. The Hall–Kier alpha value is -4.37. The second-order valence-electron chi connectivity index (χ2n) is 12.8. The summed E-state index contributed by atoms with van der Waals surface area (Å²) in [5.41, 5.74) is 8.69. The van der Waals surface area contributed by atoms with Gasteiger partial charge in [-0.05, 0) is 94.8 Å². The fraction of sp³-hybridized carbons (Fsp3) is 0.486. The summed E-state index contributed by atoms with van der Waals surface area (Å²) in [6, 6.07) is 10.8. The SMILES string of the molecule is C#CP(=O)(Nc1ccc(C(=O)NC(C(=O)N[C@@H](CCCNC(N)=O)C(=O)Nc2ccc(CC)cc2)C(C)C)cc1)OC(C)(C)COC(C)C. The van der Waals surface area contributed by atoms with Gasteiger partial charge in [0.05, 0.1) is 18.3 Å². The van der Waals surface area contributed by atoms with Gasteiger partial charge in [0.2, 0.25) is 11.8 Å². The molecule has 0 aliphatic heterocycles. The van der Waals surface area contributed by atoms with Crippen molar-refractivity contribution in [2.45, 2.75) is 91.5 Å². The normalized spacial score (nSPS) is 13.8. The van der Waals surface area contributed by atoms with E-state index >= 15 is 0 Å². The molecule has 0 radical (unpaired) electrons. The van der Waals surface area contributed by atoms with Crippen molar-refractivity contribution in [3.63, 3.8) is 0 Å². The Morgan fingerprint density at radius 1 is 0.939 bits per heavy atom. The third-order valence-electron chi connectivity index (χ3n) is 7.20. The van der Waals surface area contributed by atoms with Gasteiger partial charge >= 0.3 is 13.6 Å². The first-order valence-electron chi connectivity index (χ1n) is 16.3. The molecule has 3 atom stereocenters. The Kier molecular flexibility index (Phi) is 15.8. The summed E-state index contributed by atoms with van der Waals surface area (Å²) in [6.45, 7) is 13.1. The van der Waals surface area contributed by atoms with Crippen molar-refractivity contribution in [2.75, 3.05) is 23.6 Å². The van der Waals surface area contributed by atoms with Crippen LogP contribution >= 0.6 is 7.52 Å². The Morgan fingerprint density at radius 2 is 1.55 bits per heavy atom. The highest BCUT2D eigenvalue weighted by Gasteiger charge is 2.32. The van der Waals surface area contributed by atoms with Gasteiger partial charge in [-0.1, -0.05) is 32.9 Å². The molecule has 5 amide bonds. The molecule has 0 bridgehead atoms. The first kappa shape index (κ1) is 40.8. The molecule has 7 N–H and O–H groups in total. The van der Waals surface area contributed by atoms with E-state index in [0.29, 0.717) is 17.8 Å². The number of carbonyl (C=O) groups excluding carboxylic acids is 4. The molecule has 0 aromatic heterocycles. The first-order valence-corrected chi connectivity index (χ1v) is 17.9. The second kappa shape index (κ2) is 19.0. The number of carbonyl (C=O) groups is 4. The molecule has 2 unspecified atom stereocenters. The number of nitrogens with two attached hydrogens (primary N) is 1. The molecule has 0 spiro atoms. The predicted molar refractivity (Wildman–Crippen MR) is 192 cm³/mol. The lowest BCUT2D eigenvalue weighted by molar-refractivity contribution is -0.128. The number of hydrogen-bond acceptors (Lipinski definition) is 7. The van der Waals surface area contributed by atoms with E-state index < -0.39 is 49.0 Å². The Bertz CT molecular complexity index is 1500. The van der Waals surface area contributed by atoms with E-state index in [0.717, 1.165) is 12.0 Å². The molecule has 49 heavy (non-hydrogen) atoms. The van der Waals surface area contributed by atoms with Gasteiger partial charge in [-0.2, -0.15) is 0 Å². The number of primary amides is 1. The molecule has 13 nitrogen and oxygen atoms in total. The highest BCUT2D eigenvalue weighted by Crippen LogP contribution is 2.49. The molecule has 0 aliphatic carbocycles. The minimum Gasteiger partial charge on any atom is -0.376 e. The highest BCUT2D eigenvalue weighted by atomic mass is 31.2. The van der Waals surface area contributed by atoms with Crippen LogP contribution in [0, 0.1) is 18.0 Å². The minimum atomic E-state index is -3.77. The first-order chi connectivity index (χ1) is 23.0. The van der Waals surface area contributed by atoms with Crippen molar-refractivity contribution in [3.05, 3.63) is 59.7 Å². The molecular weight excluding hydrogens is 647 g/mol. The van der Waals surface area contributed by atoms with Crippen LogP contribution in [0.2, 0.25) is 0 Å². The molecular formula is C35H51N6O7P. The molecule has 0 heterocycles. The minimum absolute atomic E-state index is 0.0482. The number of urea groups is 1. The lowest BCUT2D eigenvalue weighted by Crippen LogP contribution is -2.54. The van der Waals surface area contributed by atoms with Crippen molar-refractivity contribution in [1.29, 1.82) is 0 Å². The molecule has 2 aromatic carbocycles. The Balaban J connectivity index is 2.13. The van der Waals surface area contributed by atoms with Gasteiger partial charge in [0, 0.05) is 29.1 Å². The zero-order valence-corrected chi connectivity index (χ0v) is 30.3. The van der Waals surface area contributed by atoms with Crippen molar-refractivity contribution < 1.29 is 33.0 Å². The zero-order valence-electron chi connectivity index (χ0n) is 29.4. The van der Waals surface area contributed by atoms with Crippen LogP contribution in [0.15, 0.2) is 48.5 Å². The number of rotatable bonds is 19. The van der Waals surface area contributed by atoms with Crippen LogP contribution in [0.5, 0.6) is 0 Å². The molecule has 2 aromatic rings. The smallest absolute Gasteiger partial charge is 0.367 e. The number of anilines is 2. The van der Waals surface area contributed by atoms with Crippen molar-refractivity contribution >= 4 is 42.6 Å². The lowest BCUT2D eigenvalue weighted by Gasteiger charge is -2.29. The molecule has 0 saturated carbocycles. The summed E-state index contributed by atoms with van der Waals surface area (Å²) in [6.07, 6.45) is 6.92. The van der Waals surface area contributed by atoms with Crippen LogP contribution < -0.4 is 32.1 Å². The van der Waals surface area contributed by atoms with E-state index in [9.17, 15) is 23.7 Å². The summed E-state index contributed by atoms with van der Waals surface area (Å²) in [5, 5.41) is 13.6. The number of benzene rings is 2. The van der Waals surface area contributed by atoms with Gasteiger partial charge in [-0.3, -0.25) is 23.5 Å². The largest absolute Gasteiger partial charge is 0.376 e.